The summed E-state index contributed by atoms with van der Waals surface area (Å²) < 4.78 is 2.62. The van der Waals surface area contributed by atoms with Crippen molar-refractivity contribution in [1.29, 1.82) is 0 Å². The molecule has 0 aliphatic carbocycles. The van der Waals surface area contributed by atoms with Gasteiger partial charge in [-0.1, -0.05) is 30.3 Å². The Morgan fingerprint density at radius 1 is 1.12 bits per heavy atom. The van der Waals surface area contributed by atoms with Crippen LogP contribution in [0, 0.1) is 0 Å². The second-order valence-corrected chi connectivity index (χ2v) is 6.63. The number of hydrogen-bond acceptors (Lipinski definition) is 4. The molecule has 1 aromatic carbocycles. The Morgan fingerprint density at radius 3 is 2.58 bits per heavy atom. The first-order chi connectivity index (χ1) is 12.6. The standard InChI is InChI=1S/C19H21N5O2/c1-22-17-15(24(18(22)25)19(26)23-11-5-6-12-23)13-20-16(21-17)10-9-14-7-3-2-4-8-14/h2-4,7-8,13H,5-6,9-12H2,1H3. The van der Waals surface area contributed by atoms with Crippen LogP contribution in [-0.4, -0.2) is 43.1 Å². The van der Waals surface area contributed by atoms with E-state index < -0.39 is 0 Å². The van der Waals surface area contributed by atoms with Gasteiger partial charge in [-0.05, 0) is 24.8 Å². The molecule has 7 nitrogen and oxygen atoms in total. The van der Waals surface area contributed by atoms with Crippen LogP contribution >= 0.6 is 0 Å². The van der Waals surface area contributed by atoms with Gasteiger partial charge in [0, 0.05) is 26.6 Å². The lowest BCUT2D eigenvalue weighted by atomic mass is 10.1. The number of fused-ring (bicyclic) bond motifs is 1. The number of likely N-dealkylation sites (tertiary alicyclic amines) is 1. The summed E-state index contributed by atoms with van der Waals surface area (Å²) in [5.41, 5.74) is 1.82. The monoisotopic (exact) mass is 351 g/mol. The molecule has 7 heteroatoms. The Morgan fingerprint density at radius 2 is 1.85 bits per heavy atom. The number of nitrogens with zero attached hydrogens (tertiary/aromatic N) is 5. The van der Waals surface area contributed by atoms with Crippen LogP contribution in [0.1, 0.15) is 24.2 Å². The second-order valence-electron chi connectivity index (χ2n) is 6.63. The number of carbonyl (C=O) groups excluding carboxylic acids is 1. The molecule has 0 radical (unpaired) electrons. The van der Waals surface area contributed by atoms with E-state index in [-0.39, 0.29) is 11.7 Å². The van der Waals surface area contributed by atoms with Gasteiger partial charge in [-0.3, -0.25) is 4.57 Å². The van der Waals surface area contributed by atoms with Gasteiger partial charge in [-0.15, -0.1) is 0 Å². The summed E-state index contributed by atoms with van der Waals surface area (Å²) in [5, 5.41) is 0. The minimum absolute atomic E-state index is 0.279. The quantitative estimate of drug-likeness (QED) is 0.723. The minimum atomic E-state index is -0.369. The predicted octanol–water partition coefficient (Wildman–Crippen LogP) is 1.98. The number of rotatable bonds is 3. The number of aromatic nitrogens is 4. The van der Waals surface area contributed by atoms with E-state index in [1.165, 1.54) is 14.7 Å². The average Bonchev–Trinajstić information content (AvgIpc) is 3.29. The molecule has 2 aromatic heterocycles. The third kappa shape index (κ3) is 2.89. The van der Waals surface area contributed by atoms with Gasteiger partial charge >= 0.3 is 11.7 Å². The zero-order valence-corrected chi connectivity index (χ0v) is 14.8. The first-order valence-electron chi connectivity index (χ1n) is 8.92. The molecule has 4 rings (SSSR count). The lowest BCUT2D eigenvalue weighted by Crippen LogP contribution is -2.38. The van der Waals surface area contributed by atoms with Crippen molar-refractivity contribution in [2.24, 2.45) is 7.05 Å². The van der Waals surface area contributed by atoms with Crippen molar-refractivity contribution in [2.45, 2.75) is 25.7 Å². The number of amides is 1. The van der Waals surface area contributed by atoms with Crippen LogP contribution in [0.25, 0.3) is 11.2 Å². The second kappa shape index (κ2) is 6.74. The fourth-order valence-electron chi connectivity index (χ4n) is 3.41. The van der Waals surface area contributed by atoms with Crippen molar-refractivity contribution in [3.05, 3.63) is 58.4 Å². The van der Waals surface area contributed by atoms with E-state index in [2.05, 4.69) is 22.1 Å². The largest absolute Gasteiger partial charge is 0.338 e. The lowest BCUT2D eigenvalue weighted by molar-refractivity contribution is 0.210. The highest BCUT2D eigenvalue weighted by atomic mass is 16.2. The predicted molar refractivity (Wildman–Crippen MR) is 98.2 cm³/mol. The molecular weight excluding hydrogens is 330 g/mol. The van der Waals surface area contributed by atoms with Gasteiger partial charge in [0.1, 0.15) is 11.3 Å². The van der Waals surface area contributed by atoms with E-state index in [1.54, 1.807) is 18.1 Å². The summed E-state index contributed by atoms with van der Waals surface area (Å²) in [5.74, 6) is 0.669. The molecule has 0 N–H and O–H groups in total. The maximum absolute atomic E-state index is 12.7. The third-order valence-corrected chi connectivity index (χ3v) is 4.88. The molecule has 1 aliphatic rings. The van der Waals surface area contributed by atoms with Crippen LogP contribution < -0.4 is 5.69 Å². The number of hydrogen-bond donors (Lipinski definition) is 0. The molecule has 1 aliphatic heterocycles. The fraction of sp³-hybridized carbons (Fsp3) is 0.368. The number of imidazole rings is 1. The first kappa shape index (κ1) is 16.5. The highest BCUT2D eigenvalue weighted by molar-refractivity contribution is 5.87. The molecule has 0 spiro atoms. The Kier molecular flexibility index (Phi) is 4.28. The maximum atomic E-state index is 12.7. The molecule has 1 saturated heterocycles. The van der Waals surface area contributed by atoms with E-state index >= 15 is 0 Å². The third-order valence-electron chi connectivity index (χ3n) is 4.88. The maximum Gasteiger partial charge on any atom is 0.338 e. The van der Waals surface area contributed by atoms with Crippen molar-refractivity contribution in [1.82, 2.24) is 24.0 Å². The molecular formula is C19H21N5O2. The molecule has 3 heterocycles. The van der Waals surface area contributed by atoms with E-state index in [9.17, 15) is 9.59 Å². The van der Waals surface area contributed by atoms with Crippen LogP contribution in [0.3, 0.4) is 0 Å². The molecule has 3 aromatic rings. The van der Waals surface area contributed by atoms with Crippen molar-refractivity contribution in [2.75, 3.05) is 13.1 Å². The van der Waals surface area contributed by atoms with Crippen molar-refractivity contribution in [3.8, 4) is 0 Å². The lowest BCUT2D eigenvalue weighted by Gasteiger charge is -2.14. The van der Waals surface area contributed by atoms with Gasteiger partial charge in [0.2, 0.25) is 0 Å². The zero-order valence-electron chi connectivity index (χ0n) is 14.8. The van der Waals surface area contributed by atoms with Crippen LogP contribution in [0.15, 0.2) is 41.3 Å². The van der Waals surface area contributed by atoms with Gasteiger partial charge in [-0.25, -0.2) is 24.1 Å². The number of carbonyl (C=O) groups is 1. The minimum Gasteiger partial charge on any atom is -0.324 e. The van der Waals surface area contributed by atoms with Crippen LogP contribution in [0.4, 0.5) is 4.79 Å². The Hall–Kier alpha value is -2.96. The van der Waals surface area contributed by atoms with Gasteiger partial charge < -0.3 is 4.90 Å². The van der Waals surface area contributed by atoms with Gasteiger partial charge in [-0.2, -0.15) is 0 Å². The van der Waals surface area contributed by atoms with Crippen LogP contribution in [-0.2, 0) is 19.9 Å². The Bertz CT molecular complexity index is 1000. The molecule has 134 valence electrons. The molecule has 0 saturated carbocycles. The smallest absolute Gasteiger partial charge is 0.324 e. The number of benzene rings is 1. The van der Waals surface area contributed by atoms with Crippen LogP contribution in [0.5, 0.6) is 0 Å². The van der Waals surface area contributed by atoms with Crippen molar-refractivity contribution >= 4 is 17.2 Å². The highest BCUT2D eigenvalue weighted by Crippen LogP contribution is 2.14. The SMILES string of the molecule is Cn1c(=O)n(C(=O)N2CCCC2)c2cnc(CCc3ccccc3)nc21. The Balaban J connectivity index is 1.65. The van der Waals surface area contributed by atoms with Crippen molar-refractivity contribution in [3.63, 3.8) is 0 Å². The van der Waals surface area contributed by atoms with Gasteiger partial charge in [0.15, 0.2) is 5.65 Å². The summed E-state index contributed by atoms with van der Waals surface area (Å²) in [6, 6.07) is 9.86. The van der Waals surface area contributed by atoms with E-state index in [4.69, 9.17) is 0 Å². The summed E-state index contributed by atoms with van der Waals surface area (Å²) in [6.45, 7) is 1.38. The van der Waals surface area contributed by atoms with E-state index in [1.807, 2.05) is 18.2 Å². The molecule has 0 atom stereocenters. The molecule has 1 fully saturated rings. The van der Waals surface area contributed by atoms with E-state index in [0.29, 0.717) is 36.5 Å². The molecule has 0 unspecified atom stereocenters. The molecule has 26 heavy (non-hydrogen) atoms. The summed E-state index contributed by atoms with van der Waals surface area (Å²) >= 11 is 0. The number of aryl methyl sites for hydroxylation is 3. The molecule has 1 amide bonds. The van der Waals surface area contributed by atoms with Gasteiger partial charge in [0.05, 0.1) is 6.20 Å². The van der Waals surface area contributed by atoms with Crippen LogP contribution in [0.2, 0.25) is 0 Å². The Labute approximate surface area is 150 Å². The summed E-state index contributed by atoms with van der Waals surface area (Å²) in [4.78, 5) is 35.9. The van der Waals surface area contributed by atoms with Crippen molar-refractivity contribution < 1.29 is 4.79 Å². The normalized spacial score (nSPS) is 14.3. The summed E-state index contributed by atoms with van der Waals surface area (Å²) in [7, 11) is 1.65. The van der Waals surface area contributed by atoms with Gasteiger partial charge in [0.25, 0.3) is 0 Å². The average molecular weight is 351 g/mol. The topological polar surface area (TPSA) is 73.0 Å². The first-order valence-corrected chi connectivity index (χ1v) is 8.92. The zero-order chi connectivity index (χ0) is 18.1. The molecule has 0 bridgehead atoms. The highest BCUT2D eigenvalue weighted by Gasteiger charge is 2.25. The fourth-order valence-corrected chi connectivity index (χ4v) is 3.41. The van der Waals surface area contributed by atoms with E-state index in [0.717, 1.165) is 19.3 Å². The summed E-state index contributed by atoms with van der Waals surface area (Å²) in [6.07, 6.45) is 5.06.